The molecule has 2 aromatic carbocycles. The molecule has 0 aromatic heterocycles. The molecule has 2 atom stereocenters. The summed E-state index contributed by atoms with van der Waals surface area (Å²) in [6.07, 6.45) is 1.91. The molecule has 1 aliphatic carbocycles. The predicted molar refractivity (Wildman–Crippen MR) is 129 cm³/mol. The molecule has 178 valence electrons. The van der Waals surface area contributed by atoms with Gasteiger partial charge in [0, 0.05) is 69.8 Å². The minimum absolute atomic E-state index is 0.0456. The first-order chi connectivity index (χ1) is 15.8. The maximum atomic E-state index is 15.5. The highest BCUT2D eigenvalue weighted by Gasteiger charge is 2.58. The van der Waals surface area contributed by atoms with Gasteiger partial charge in [0.25, 0.3) is 5.92 Å². The van der Waals surface area contributed by atoms with E-state index in [2.05, 4.69) is 15.5 Å². The minimum atomic E-state index is -2.67. The molecule has 0 amide bonds. The van der Waals surface area contributed by atoms with Gasteiger partial charge in [-0.05, 0) is 24.0 Å². The normalized spacial score (nSPS) is 24.9. The zero-order chi connectivity index (χ0) is 23.3. The summed E-state index contributed by atoms with van der Waals surface area (Å²) in [5.74, 6) is -3.69. The molecular weight excluding hydrogens is 469 g/mol. The van der Waals surface area contributed by atoms with Crippen molar-refractivity contribution in [2.75, 3.05) is 54.6 Å². The van der Waals surface area contributed by atoms with Gasteiger partial charge in [-0.3, -0.25) is 13.5 Å². The maximum absolute atomic E-state index is 15.5. The first kappa shape index (κ1) is 23.0. The number of piperazine rings is 1. The van der Waals surface area contributed by atoms with Crippen LogP contribution in [-0.2, 0) is 17.7 Å². The van der Waals surface area contributed by atoms with Crippen molar-refractivity contribution >= 4 is 34.5 Å². The zero-order valence-corrected chi connectivity index (χ0v) is 20.3. The predicted octanol–water partition coefficient (Wildman–Crippen LogP) is 4.38. The molecule has 2 heterocycles. The Kier molecular flexibility index (Phi) is 6.13. The monoisotopic (exact) mass is 496 g/mol. The second kappa shape index (κ2) is 8.79. The van der Waals surface area contributed by atoms with Gasteiger partial charge < -0.3 is 0 Å². The van der Waals surface area contributed by atoms with E-state index < -0.39 is 23.0 Å². The van der Waals surface area contributed by atoms with Crippen LogP contribution in [0.15, 0.2) is 36.4 Å². The average Bonchev–Trinajstić information content (AvgIpc) is 3.36. The lowest BCUT2D eigenvalue weighted by atomic mass is 10.0. The number of hydrogen-bond donors (Lipinski definition) is 0. The Hall–Kier alpha value is -1.75. The lowest BCUT2D eigenvalue weighted by Crippen LogP contribution is -2.42. The Morgan fingerprint density at radius 3 is 2.52 bits per heavy atom. The third-order valence-electron chi connectivity index (χ3n) is 6.72. The lowest BCUT2D eigenvalue weighted by molar-refractivity contribution is 0.101. The lowest BCUT2D eigenvalue weighted by Gasteiger charge is -2.33. The molecule has 0 bridgehead atoms. The summed E-state index contributed by atoms with van der Waals surface area (Å²) in [6, 6.07) is 10.8. The van der Waals surface area contributed by atoms with Gasteiger partial charge >= 0.3 is 0 Å². The van der Waals surface area contributed by atoms with Gasteiger partial charge in [-0.2, -0.15) is 0 Å². The van der Waals surface area contributed by atoms with Gasteiger partial charge in [-0.15, -0.1) is 0 Å². The molecule has 0 spiro atoms. The summed E-state index contributed by atoms with van der Waals surface area (Å²) in [6.45, 7) is 4.32. The van der Waals surface area contributed by atoms with E-state index in [4.69, 9.17) is 0 Å². The average molecular weight is 497 g/mol. The fourth-order valence-electron chi connectivity index (χ4n) is 4.54. The summed E-state index contributed by atoms with van der Waals surface area (Å²) in [5.41, 5.74) is 3.13. The van der Waals surface area contributed by atoms with Crippen LogP contribution in [0.3, 0.4) is 0 Å². The van der Waals surface area contributed by atoms with Crippen molar-refractivity contribution in [3.63, 3.8) is 0 Å². The Morgan fingerprint density at radius 1 is 1.12 bits per heavy atom. The fraction of sp³-hybridized carbons (Fsp3) is 0.478. The number of rotatable bonds is 6. The number of alkyl halides is 2. The van der Waals surface area contributed by atoms with Gasteiger partial charge in [0.15, 0.2) is 0 Å². The second-order valence-corrected chi connectivity index (χ2v) is 11.2. The highest BCUT2D eigenvalue weighted by molar-refractivity contribution is 7.96. The van der Waals surface area contributed by atoms with Crippen LogP contribution < -0.4 is 8.61 Å². The van der Waals surface area contributed by atoms with Gasteiger partial charge in [-0.25, -0.2) is 21.7 Å². The first-order valence-corrected chi connectivity index (χ1v) is 13.3. The summed E-state index contributed by atoms with van der Waals surface area (Å²) in [7, 11) is 1.67. The number of anilines is 2. The Balaban J connectivity index is 1.37. The molecular formula is C23H27F3N4OS2. The zero-order valence-electron chi connectivity index (χ0n) is 18.6. The summed E-state index contributed by atoms with van der Waals surface area (Å²) in [4.78, 5) is 2.26. The molecule has 10 heteroatoms. The van der Waals surface area contributed by atoms with Crippen LogP contribution in [0, 0.1) is 11.7 Å². The van der Waals surface area contributed by atoms with Crippen molar-refractivity contribution in [3.05, 3.63) is 47.8 Å². The van der Waals surface area contributed by atoms with Crippen LogP contribution in [0.4, 0.5) is 24.5 Å². The van der Waals surface area contributed by atoms with Crippen LogP contribution >= 0.6 is 11.9 Å². The molecule has 0 radical (unpaired) electrons. The maximum Gasteiger partial charge on any atom is 0.253 e. The van der Waals surface area contributed by atoms with E-state index in [-0.39, 0.29) is 18.8 Å². The van der Waals surface area contributed by atoms with Crippen molar-refractivity contribution in [2.24, 2.45) is 5.92 Å². The Morgan fingerprint density at radius 2 is 1.85 bits per heavy atom. The van der Waals surface area contributed by atoms with Crippen LogP contribution in [-0.4, -0.2) is 65.4 Å². The number of benzene rings is 2. The van der Waals surface area contributed by atoms with Crippen LogP contribution in [0.1, 0.15) is 12.0 Å². The standard InChI is InChI=1S/C23H27F3N4OS2/c1-27-21-12-16(6-7-20(21)30(33(27)31)15-18-13-23(18,25)26)19-5-3-4-17(22(19)24)14-28-8-10-29(32-2)11-9-28/h3-7,12,18H,8-11,13-15H2,1-2H3. The third-order valence-corrected chi connectivity index (χ3v) is 8.99. The van der Waals surface area contributed by atoms with E-state index in [0.717, 1.165) is 26.2 Å². The molecule has 2 aliphatic heterocycles. The van der Waals surface area contributed by atoms with E-state index in [1.54, 1.807) is 47.6 Å². The molecule has 3 aliphatic rings. The van der Waals surface area contributed by atoms with Crippen molar-refractivity contribution in [1.82, 2.24) is 9.21 Å². The van der Waals surface area contributed by atoms with Crippen LogP contribution in [0.2, 0.25) is 0 Å². The molecule has 1 saturated heterocycles. The van der Waals surface area contributed by atoms with E-state index in [1.807, 2.05) is 12.1 Å². The van der Waals surface area contributed by atoms with Gasteiger partial charge in [-0.1, -0.05) is 36.2 Å². The molecule has 2 aromatic rings. The van der Waals surface area contributed by atoms with Crippen molar-refractivity contribution in [3.8, 4) is 11.1 Å². The van der Waals surface area contributed by atoms with Crippen molar-refractivity contribution < 1.29 is 17.4 Å². The highest BCUT2D eigenvalue weighted by atomic mass is 32.2. The molecule has 5 nitrogen and oxygen atoms in total. The number of fused-ring (bicyclic) bond motifs is 1. The largest absolute Gasteiger partial charge is 0.296 e. The number of hydrogen-bond acceptors (Lipinski definition) is 4. The Labute approximate surface area is 199 Å². The number of halogens is 3. The SMILES string of the molecule is CSN1CCN(Cc2cccc(-c3ccc4c(c3)N(C)S(=O)N4CC3CC3(F)F)c2F)CC1. The smallest absolute Gasteiger partial charge is 0.253 e. The van der Waals surface area contributed by atoms with E-state index >= 15 is 4.39 Å². The third kappa shape index (κ3) is 4.38. The van der Waals surface area contributed by atoms with Gasteiger partial charge in [0.05, 0.1) is 11.4 Å². The summed E-state index contributed by atoms with van der Waals surface area (Å²) in [5, 5.41) is 0. The number of nitrogens with zero attached hydrogens (tertiary/aromatic N) is 4. The molecule has 5 rings (SSSR count). The fourth-order valence-corrected chi connectivity index (χ4v) is 6.30. The van der Waals surface area contributed by atoms with E-state index in [9.17, 15) is 13.0 Å². The van der Waals surface area contributed by atoms with Gasteiger partial charge in [0.1, 0.15) is 5.82 Å². The van der Waals surface area contributed by atoms with Gasteiger partial charge in [0.2, 0.25) is 11.2 Å². The first-order valence-electron chi connectivity index (χ1n) is 11.0. The second-order valence-electron chi connectivity index (χ2n) is 8.82. The topological polar surface area (TPSA) is 30.0 Å². The van der Waals surface area contributed by atoms with Crippen LogP contribution in [0.5, 0.6) is 0 Å². The molecule has 2 fully saturated rings. The Bertz CT molecular complexity index is 1080. The minimum Gasteiger partial charge on any atom is -0.296 e. The molecule has 0 N–H and O–H groups in total. The quantitative estimate of drug-likeness (QED) is 0.556. The summed E-state index contributed by atoms with van der Waals surface area (Å²) >= 11 is 0.168. The van der Waals surface area contributed by atoms with E-state index in [1.165, 1.54) is 4.31 Å². The van der Waals surface area contributed by atoms with E-state index in [0.29, 0.717) is 34.6 Å². The molecule has 2 unspecified atom stereocenters. The molecule has 1 saturated carbocycles. The molecule has 33 heavy (non-hydrogen) atoms. The summed E-state index contributed by atoms with van der Waals surface area (Å²) < 4.78 is 60.6. The van der Waals surface area contributed by atoms with Crippen LogP contribution in [0.25, 0.3) is 11.1 Å². The highest BCUT2D eigenvalue weighted by Crippen LogP contribution is 2.51. The van der Waals surface area contributed by atoms with Crippen molar-refractivity contribution in [1.29, 1.82) is 0 Å². The van der Waals surface area contributed by atoms with Crippen molar-refractivity contribution in [2.45, 2.75) is 18.9 Å².